The average Bonchev–Trinajstić information content (AvgIpc) is 2.70. The molecule has 1 aromatic carbocycles. The number of hydrogen-bond acceptors (Lipinski definition) is 5. The van der Waals surface area contributed by atoms with Crippen molar-refractivity contribution in [2.24, 2.45) is 5.92 Å². The SMILES string of the molecule is OCc1ccc(O)c(CO)c1CNCCCCCCOCC1CCCCC1. The quantitative estimate of drug-likeness (QED) is 0.394. The van der Waals surface area contributed by atoms with Gasteiger partial charge in [0.1, 0.15) is 5.75 Å². The normalized spacial score (nSPS) is 15.3. The van der Waals surface area contributed by atoms with Gasteiger partial charge in [0.05, 0.1) is 13.2 Å². The summed E-state index contributed by atoms with van der Waals surface area (Å²) in [6.07, 6.45) is 11.4. The predicted molar refractivity (Wildman–Crippen MR) is 108 cm³/mol. The summed E-state index contributed by atoms with van der Waals surface area (Å²) in [6, 6.07) is 3.23. The van der Waals surface area contributed by atoms with E-state index in [2.05, 4.69) is 5.32 Å². The topological polar surface area (TPSA) is 82.0 Å². The molecule has 27 heavy (non-hydrogen) atoms. The van der Waals surface area contributed by atoms with Gasteiger partial charge in [0.15, 0.2) is 0 Å². The van der Waals surface area contributed by atoms with Crippen molar-refractivity contribution >= 4 is 0 Å². The van der Waals surface area contributed by atoms with Gasteiger partial charge in [0.25, 0.3) is 0 Å². The summed E-state index contributed by atoms with van der Waals surface area (Å²) < 4.78 is 5.83. The van der Waals surface area contributed by atoms with E-state index in [0.29, 0.717) is 12.1 Å². The second-order valence-electron chi connectivity index (χ2n) is 7.69. The molecule has 2 rings (SSSR count). The van der Waals surface area contributed by atoms with E-state index < -0.39 is 0 Å². The Hall–Kier alpha value is -1.14. The average molecular weight is 380 g/mol. The Balaban J connectivity index is 1.52. The number of hydrogen-bond donors (Lipinski definition) is 4. The molecule has 0 saturated heterocycles. The van der Waals surface area contributed by atoms with Crippen LogP contribution < -0.4 is 5.32 Å². The van der Waals surface area contributed by atoms with Crippen molar-refractivity contribution in [2.45, 2.75) is 77.5 Å². The number of benzene rings is 1. The van der Waals surface area contributed by atoms with Crippen molar-refractivity contribution < 1.29 is 20.1 Å². The molecule has 0 bridgehead atoms. The number of aromatic hydroxyl groups is 1. The molecule has 5 nitrogen and oxygen atoms in total. The molecule has 1 aliphatic rings. The van der Waals surface area contributed by atoms with Crippen molar-refractivity contribution in [3.63, 3.8) is 0 Å². The molecule has 1 saturated carbocycles. The van der Waals surface area contributed by atoms with Crippen molar-refractivity contribution in [2.75, 3.05) is 19.8 Å². The van der Waals surface area contributed by atoms with Gasteiger partial charge in [-0.1, -0.05) is 38.2 Å². The fourth-order valence-electron chi connectivity index (χ4n) is 3.90. The Morgan fingerprint density at radius 3 is 2.44 bits per heavy atom. The third-order valence-corrected chi connectivity index (χ3v) is 5.60. The zero-order chi connectivity index (χ0) is 19.3. The largest absolute Gasteiger partial charge is 0.508 e. The fraction of sp³-hybridized carbons (Fsp3) is 0.727. The van der Waals surface area contributed by atoms with Crippen LogP contribution in [0.4, 0.5) is 0 Å². The van der Waals surface area contributed by atoms with Gasteiger partial charge in [-0.25, -0.2) is 0 Å². The van der Waals surface area contributed by atoms with Gasteiger partial charge in [-0.15, -0.1) is 0 Å². The van der Waals surface area contributed by atoms with E-state index in [4.69, 9.17) is 4.74 Å². The van der Waals surface area contributed by atoms with Crippen LogP contribution in [0.1, 0.15) is 74.5 Å². The molecule has 0 atom stereocenters. The molecule has 1 fully saturated rings. The molecule has 0 amide bonds. The third kappa shape index (κ3) is 7.78. The number of aliphatic hydroxyl groups is 2. The molecule has 0 spiro atoms. The van der Waals surface area contributed by atoms with E-state index in [1.165, 1.54) is 51.0 Å². The molecule has 1 aliphatic carbocycles. The van der Waals surface area contributed by atoms with Crippen LogP contribution in [-0.4, -0.2) is 35.1 Å². The van der Waals surface area contributed by atoms with Crippen LogP contribution in [0.5, 0.6) is 5.75 Å². The smallest absolute Gasteiger partial charge is 0.121 e. The van der Waals surface area contributed by atoms with Crippen LogP contribution in [0.3, 0.4) is 0 Å². The van der Waals surface area contributed by atoms with Crippen LogP contribution in [0.15, 0.2) is 12.1 Å². The zero-order valence-corrected chi connectivity index (χ0v) is 16.6. The number of unbranched alkanes of at least 4 members (excludes halogenated alkanes) is 3. The number of rotatable bonds is 13. The molecule has 154 valence electrons. The van der Waals surface area contributed by atoms with Gasteiger partial charge < -0.3 is 25.4 Å². The standard InChI is InChI=1S/C22H37NO4/c24-15-19-10-11-22(26)21(16-25)20(19)14-23-12-6-1-2-7-13-27-17-18-8-4-3-5-9-18/h10-11,18,23-26H,1-9,12-17H2. The number of nitrogens with one attached hydrogen (secondary N) is 1. The van der Waals surface area contributed by atoms with E-state index >= 15 is 0 Å². The number of ether oxygens (including phenoxy) is 1. The second kappa shape index (κ2) is 13.1. The number of aliphatic hydroxyl groups excluding tert-OH is 2. The zero-order valence-electron chi connectivity index (χ0n) is 16.6. The first-order valence-electron chi connectivity index (χ1n) is 10.6. The lowest BCUT2D eigenvalue weighted by atomic mass is 9.90. The molecule has 0 aromatic heterocycles. The first-order valence-corrected chi connectivity index (χ1v) is 10.6. The Kier molecular flexibility index (Phi) is 10.8. The maximum absolute atomic E-state index is 9.86. The van der Waals surface area contributed by atoms with Gasteiger partial charge in [0, 0.05) is 25.3 Å². The van der Waals surface area contributed by atoms with Crippen LogP contribution in [-0.2, 0) is 24.5 Å². The van der Waals surface area contributed by atoms with Crippen LogP contribution >= 0.6 is 0 Å². The maximum atomic E-state index is 9.86. The third-order valence-electron chi connectivity index (χ3n) is 5.60. The van der Waals surface area contributed by atoms with E-state index in [1.54, 1.807) is 6.07 Å². The van der Waals surface area contributed by atoms with Gasteiger partial charge in [0.2, 0.25) is 0 Å². The first-order chi connectivity index (χ1) is 13.3. The Morgan fingerprint density at radius 1 is 0.926 bits per heavy atom. The van der Waals surface area contributed by atoms with Crippen LogP contribution in [0.25, 0.3) is 0 Å². The molecular weight excluding hydrogens is 342 g/mol. The monoisotopic (exact) mass is 379 g/mol. The Labute approximate surface area is 163 Å². The van der Waals surface area contributed by atoms with Gasteiger partial charge in [-0.2, -0.15) is 0 Å². The number of phenols is 1. The molecule has 4 N–H and O–H groups in total. The van der Waals surface area contributed by atoms with Crippen molar-refractivity contribution in [3.05, 3.63) is 28.8 Å². The highest BCUT2D eigenvalue weighted by molar-refractivity contribution is 5.43. The second-order valence-corrected chi connectivity index (χ2v) is 7.69. The van der Waals surface area contributed by atoms with Crippen molar-refractivity contribution in [1.29, 1.82) is 0 Å². The molecule has 0 heterocycles. The van der Waals surface area contributed by atoms with Gasteiger partial charge in [-0.3, -0.25) is 0 Å². The highest BCUT2D eigenvalue weighted by atomic mass is 16.5. The van der Waals surface area contributed by atoms with E-state index in [0.717, 1.165) is 49.6 Å². The minimum absolute atomic E-state index is 0.0831. The van der Waals surface area contributed by atoms with Crippen molar-refractivity contribution in [3.8, 4) is 5.75 Å². The minimum Gasteiger partial charge on any atom is -0.508 e. The molecule has 1 aromatic rings. The van der Waals surface area contributed by atoms with Crippen molar-refractivity contribution in [1.82, 2.24) is 5.32 Å². The summed E-state index contributed by atoms with van der Waals surface area (Å²) in [6.45, 7) is 2.94. The summed E-state index contributed by atoms with van der Waals surface area (Å²) in [5.74, 6) is 0.882. The Morgan fingerprint density at radius 2 is 1.70 bits per heavy atom. The highest BCUT2D eigenvalue weighted by Gasteiger charge is 2.13. The van der Waals surface area contributed by atoms with Crippen LogP contribution in [0.2, 0.25) is 0 Å². The van der Waals surface area contributed by atoms with Gasteiger partial charge >= 0.3 is 0 Å². The summed E-state index contributed by atoms with van der Waals surface area (Å²) in [4.78, 5) is 0. The first kappa shape index (κ1) is 22.2. The van der Waals surface area contributed by atoms with E-state index in [1.807, 2.05) is 0 Å². The summed E-state index contributed by atoms with van der Waals surface area (Å²) >= 11 is 0. The molecular formula is C22H37NO4. The van der Waals surface area contributed by atoms with Crippen LogP contribution in [0, 0.1) is 5.92 Å². The lowest BCUT2D eigenvalue weighted by molar-refractivity contribution is 0.0824. The summed E-state index contributed by atoms with van der Waals surface area (Å²) in [7, 11) is 0. The van der Waals surface area contributed by atoms with E-state index in [9.17, 15) is 15.3 Å². The maximum Gasteiger partial charge on any atom is 0.121 e. The van der Waals surface area contributed by atoms with Gasteiger partial charge in [-0.05, 0) is 55.3 Å². The molecule has 5 heteroatoms. The highest BCUT2D eigenvalue weighted by Crippen LogP contribution is 2.25. The molecule has 0 radical (unpaired) electrons. The van der Waals surface area contributed by atoms with E-state index in [-0.39, 0.29) is 19.0 Å². The minimum atomic E-state index is -0.225. The molecule has 0 aliphatic heterocycles. The summed E-state index contributed by atoms with van der Waals surface area (Å²) in [5.41, 5.74) is 2.06. The lowest BCUT2D eigenvalue weighted by Gasteiger charge is -2.21. The predicted octanol–water partition coefficient (Wildman–Crippen LogP) is 3.62. The molecule has 0 unspecified atom stereocenters. The summed E-state index contributed by atoms with van der Waals surface area (Å²) in [5, 5.41) is 32.1. The Bertz CT molecular complexity index is 529. The lowest BCUT2D eigenvalue weighted by Crippen LogP contribution is -2.17. The fourth-order valence-corrected chi connectivity index (χ4v) is 3.90.